The van der Waals surface area contributed by atoms with E-state index < -0.39 is 0 Å². The van der Waals surface area contributed by atoms with Crippen LogP contribution in [0.25, 0.3) is 22.3 Å². The maximum Gasteiger partial charge on any atom is 0.203 e. The second-order valence-electron chi connectivity index (χ2n) is 12.6. The molecule has 1 fully saturated rings. The summed E-state index contributed by atoms with van der Waals surface area (Å²) in [7, 11) is 9.62. The summed E-state index contributed by atoms with van der Waals surface area (Å²) in [5, 5.41) is 0. The Morgan fingerprint density at radius 3 is 1.52 bits per heavy atom. The molecule has 0 saturated carbocycles. The average Bonchev–Trinajstić information content (AvgIpc) is 3.19. The Morgan fingerprint density at radius 2 is 1.06 bits per heavy atom. The number of pyridine rings is 2. The largest absolute Gasteiger partial charge is 0.493 e. The van der Waals surface area contributed by atoms with Gasteiger partial charge in [0.2, 0.25) is 11.5 Å². The molecule has 0 spiro atoms. The molecular formula is C41H45FN4O6. The number of hydrogen-bond acceptors (Lipinski definition) is 10. The summed E-state index contributed by atoms with van der Waals surface area (Å²) in [5.74, 6) is 3.17. The Kier molecular flexibility index (Phi) is 11.6. The lowest BCUT2D eigenvalue weighted by Gasteiger charge is -2.40. The number of nitrogens with zero attached hydrogens (tertiary/aromatic N) is 4. The predicted octanol–water partition coefficient (Wildman–Crippen LogP) is 7.67. The fraction of sp³-hybridized carbons (Fsp3) is 0.317. The lowest BCUT2D eigenvalue weighted by Crippen LogP contribution is -2.44. The van der Waals surface area contributed by atoms with E-state index >= 15 is 0 Å². The molecule has 0 radical (unpaired) electrons. The van der Waals surface area contributed by atoms with Crippen molar-refractivity contribution in [3.63, 3.8) is 0 Å². The number of rotatable bonds is 14. The number of hydrogen-bond donors (Lipinski definition) is 0. The summed E-state index contributed by atoms with van der Waals surface area (Å²) in [6.45, 7) is 3.19. The molecule has 1 aliphatic heterocycles. The number of aromatic nitrogens is 2. The third-order valence-corrected chi connectivity index (χ3v) is 9.50. The number of anilines is 1. The summed E-state index contributed by atoms with van der Waals surface area (Å²) in [5.41, 5.74) is 6.85. The van der Waals surface area contributed by atoms with Crippen molar-refractivity contribution in [2.24, 2.45) is 0 Å². The molecule has 5 aromatic rings. The summed E-state index contributed by atoms with van der Waals surface area (Å²) in [6, 6.07) is 19.0. The van der Waals surface area contributed by atoms with Gasteiger partial charge in [0.25, 0.3) is 0 Å². The lowest BCUT2D eigenvalue weighted by atomic mass is 9.99. The zero-order valence-electron chi connectivity index (χ0n) is 30.5. The van der Waals surface area contributed by atoms with Gasteiger partial charge in [0.15, 0.2) is 23.0 Å². The van der Waals surface area contributed by atoms with Gasteiger partial charge >= 0.3 is 0 Å². The standard InChI is InChI=1S/C41H45FN4O6/c1-47-36-17-29(18-37(48-2)40(36)51-5)31-15-27(21-43-23-31)25-45-13-11-35(12-14-45)46(34-9-7-33(42)8-10-34)26-28-16-32(24-44-22-28)30-19-38(49-3)41(52-6)39(20-30)50-4/h7-10,15-24,35H,11-14,25-26H2,1-6H3. The maximum absolute atomic E-state index is 14.1. The second kappa shape index (κ2) is 16.6. The first-order valence-corrected chi connectivity index (χ1v) is 17.1. The van der Waals surface area contributed by atoms with Crippen molar-refractivity contribution in [3.8, 4) is 56.8 Å². The number of benzene rings is 3. The molecule has 0 amide bonds. The molecule has 3 aromatic carbocycles. The number of likely N-dealkylation sites (tertiary alicyclic amines) is 1. The minimum atomic E-state index is -0.257. The van der Waals surface area contributed by atoms with Crippen LogP contribution in [0, 0.1) is 5.82 Å². The molecule has 0 N–H and O–H groups in total. The van der Waals surface area contributed by atoms with Gasteiger partial charge in [0.1, 0.15) is 5.82 Å². The van der Waals surface area contributed by atoms with Crippen molar-refractivity contribution in [3.05, 3.63) is 102 Å². The van der Waals surface area contributed by atoms with Crippen LogP contribution in [-0.4, -0.2) is 76.7 Å². The van der Waals surface area contributed by atoms with Gasteiger partial charge in [0.05, 0.1) is 42.7 Å². The van der Waals surface area contributed by atoms with Gasteiger partial charge in [-0.15, -0.1) is 0 Å². The zero-order valence-corrected chi connectivity index (χ0v) is 30.5. The first kappa shape index (κ1) is 36.2. The molecule has 52 heavy (non-hydrogen) atoms. The Hall–Kier alpha value is -5.55. The van der Waals surface area contributed by atoms with Crippen LogP contribution in [0.3, 0.4) is 0 Å². The average molecular weight is 709 g/mol. The Labute approximate surface area is 304 Å². The van der Waals surface area contributed by atoms with Crippen molar-refractivity contribution in [1.29, 1.82) is 0 Å². The van der Waals surface area contributed by atoms with Crippen LogP contribution in [0.1, 0.15) is 24.0 Å². The van der Waals surface area contributed by atoms with Crippen LogP contribution in [0.2, 0.25) is 0 Å². The molecule has 3 heterocycles. The number of piperidine rings is 1. The SMILES string of the molecule is COc1cc(-c2cncc(CN3CCC(N(Cc4cncc(-c5cc(OC)c(OC)c(OC)c5)c4)c4ccc(F)cc4)CC3)c2)cc(OC)c1OC. The minimum absolute atomic E-state index is 0.246. The Morgan fingerprint density at radius 1 is 0.596 bits per heavy atom. The highest BCUT2D eigenvalue weighted by Gasteiger charge is 2.26. The van der Waals surface area contributed by atoms with Crippen molar-refractivity contribution in [2.45, 2.75) is 32.0 Å². The zero-order chi connectivity index (χ0) is 36.6. The van der Waals surface area contributed by atoms with Gasteiger partial charge in [-0.3, -0.25) is 14.9 Å². The van der Waals surface area contributed by atoms with Gasteiger partial charge in [-0.05, 0) is 95.8 Å². The Bertz CT molecular complexity index is 1920. The molecule has 10 nitrogen and oxygen atoms in total. The molecule has 0 unspecified atom stereocenters. The van der Waals surface area contributed by atoms with Crippen LogP contribution in [-0.2, 0) is 13.1 Å². The van der Waals surface area contributed by atoms with E-state index in [1.54, 1.807) is 42.7 Å². The molecule has 0 atom stereocenters. The molecular weight excluding hydrogens is 663 g/mol. The van der Waals surface area contributed by atoms with E-state index in [1.165, 1.54) is 12.1 Å². The van der Waals surface area contributed by atoms with E-state index in [0.717, 1.165) is 71.5 Å². The smallest absolute Gasteiger partial charge is 0.203 e. The Balaban J connectivity index is 1.19. The number of halogens is 1. The van der Waals surface area contributed by atoms with E-state index in [9.17, 15) is 4.39 Å². The third-order valence-electron chi connectivity index (χ3n) is 9.50. The fourth-order valence-corrected chi connectivity index (χ4v) is 6.87. The monoisotopic (exact) mass is 708 g/mol. The minimum Gasteiger partial charge on any atom is -0.493 e. The summed E-state index contributed by atoms with van der Waals surface area (Å²) in [6.07, 6.45) is 9.38. The van der Waals surface area contributed by atoms with Gasteiger partial charge in [-0.2, -0.15) is 0 Å². The van der Waals surface area contributed by atoms with E-state index in [4.69, 9.17) is 28.4 Å². The summed E-state index contributed by atoms with van der Waals surface area (Å²) in [4.78, 5) is 14.0. The topological polar surface area (TPSA) is 87.6 Å². The highest BCUT2D eigenvalue weighted by molar-refractivity contribution is 5.72. The van der Waals surface area contributed by atoms with Gasteiger partial charge in [-0.1, -0.05) is 0 Å². The van der Waals surface area contributed by atoms with Crippen LogP contribution in [0.4, 0.5) is 10.1 Å². The quantitative estimate of drug-likeness (QED) is 0.115. The van der Waals surface area contributed by atoms with Gasteiger partial charge in [0, 0.05) is 73.8 Å². The third kappa shape index (κ3) is 8.00. The molecule has 11 heteroatoms. The molecule has 2 aromatic heterocycles. The fourth-order valence-electron chi connectivity index (χ4n) is 6.87. The van der Waals surface area contributed by atoms with E-state index in [1.807, 2.05) is 61.2 Å². The van der Waals surface area contributed by atoms with E-state index in [0.29, 0.717) is 41.0 Å². The van der Waals surface area contributed by atoms with Crippen LogP contribution >= 0.6 is 0 Å². The van der Waals surface area contributed by atoms with Crippen LogP contribution < -0.4 is 33.3 Å². The highest BCUT2D eigenvalue weighted by atomic mass is 19.1. The van der Waals surface area contributed by atoms with Crippen molar-refractivity contribution in [2.75, 3.05) is 60.6 Å². The molecule has 0 aliphatic carbocycles. The normalized spacial score (nSPS) is 13.4. The van der Waals surface area contributed by atoms with Gasteiger partial charge < -0.3 is 33.3 Å². The first-order valence-electron chi connectivity index (χ1n) is 17.1. The van der Waals surface area contributed by atoms with Crippen molar-refractivity contribution < 1.29 is 32.8 Å². The predicted molar refractivity (Wildman–Crippen MR) is 200 cm³/mol. The molecule has 1 saturated heterocycles. The number of ether oxygens (including phenoxy) is 6. The number of methoxy groups -OCH3 is 6. The molecule has 1 aliphatic rings. The van der Waals surface area contributed by atoms with Crippen molar-refractivity contribution >= 4 is 5.69 Å². The molecule has 0 bridgehead atoms. The van der Waals surface area contributed by atoms with Crippen LogP contribution in [0.5, 0.6) is 34.5 Å². The van der Waals surface area contributed by atoms with E-state index in [-0.39, 0.29) is 11.9 Å². The summed E-state index contributed by atoms with van der Waals surface area (Å²) < 4.78 is 47.4. The molecule has 6 rings (SSSR count). The first-order chi connectivity index (χ1) is 25.4. The second-order valence-corrected chi connectivity index (χ2v) is 12.6. The van der Waals surface area contributed by atoms with Crippen molar-refractivity contribution in [1.82, 2.24) is 14.9 Å². The van der Waals surface area contributed by atoms with E-state index in [2.05, 4.69) is 31.9 Å². The molecule has 272 valence electrons. The summed E-state index contributed by atoms with van der Waals surface area (Å²) >= 11 is 0. The van der Waals surface area contributed by atoms with Crippen LogP contribution in [0.15, 0.2) is 85.5 Å². The lowest BCUT2D eigenvalue weighted by molar-refractivity contribution is 0.200. The maximum atomic E-state index is 14.1. The van der Waals surface area contributed by atoms with Gasteiger partial charge in [-0.25, -0.2) is 4.39 Å². The highest BCUT2D eigenvalue weighted by Crippen LogP contribution is 2.42.